The maximum absolute atomic E-state index is 11.7. The van der Waals surface area contributed by atoms with E-state index in [1.807, 2.05) is 26.0 Å². The fraction of sp³-hybridized carbons (Fsp3) is 0.600. The van der Waals surface area contributed by atoms with E-state index in [4.69, 9.17) is 15.2 Å². The van der Waals surface area contributed by atoms with Crippen LogP contribution in [0.5, 0.6) is 5.75 Å². The topological polar surface area (TPSA) is 89.2 Å². The van der Waals surface area contributed by atoms with Crippen molar-refractivity contribution in [3.63, 3.8) is 0 Å². The van der Waals surface area contributed by atoms with E-state index in [-0.39, 0.29) is 12.1 Å². The van der Waals surface area contributed by atoms with Gasteiger partial charge in [0.05, 0.1) is 19.8 Å². The molecule has 0 atom stereocenters. The van der Waals surface area contributed by atoms with E-state index in [2.05, 4.69) is 23.3 Å². The number of hydrogen-bond acceptors (Lipinski definition) is 4. The van der Waals surface area contributed by atoms with Crippen LogP contribution in [0, 0.1) is 6.92 Å². The molecule has 2 rings (SSSR count). The number of benzene rings is 1. The molecule has 0 aliphatic carbocycles. The van der Waals surface area contributed by atoms with Crippen LogP contribution < -0.4 is 15.8 Å². The second-order valence-corrected chi connectivity index (χ2v) is 6.77. The van der Waals surface area contributed by atoms with Crippen LogP contribution in [0.25, 0.3) is 0 Å². The Kier molecular flexibility index (Phi) is 8.23. The summed E-state index contributed by atoms with van der Waals surface area (Å²) >= 11 is 0. The van der Waals surface area contributed by atoms with Crippen molar-refractivity contribution in [2.75, 3.05) is 26.3 Å². The van der Waals surface area contributed by atoms with E-state index in [1.54, 1.807) is 4.90 Å². The van der Waals surface area contributed by atoms with Crippen molar-refractivity contribution >= 4 is 12.1 Å². The molecule has 0 aromatic heterocycles. The highest BCUT2D eigenvalue weighted by molar-refractivity contribution is 5.78. The molecule has 27 heavy (non-hydrogen) atoms. The lowest BCUT2D eigenvalue weighted by Gasteiger charge is -2.31. The molecule has 1 aliphatic rings. The van der Waals surface area contributed by atoms with Gasteiger partial charge in [0.25, 0.3) is 0 Å². The standard InChI is InChI=1S/C20H32N4O3/c1-4-12-27-18-13-15(3)6-7-16(18)14-22-19(21)23-17-8-10-24(11-9-17)20(25)26-5-2/h6-7,13,17H,4-5,8-12,14H2,1-3H3,(H3,21,22,23). The number of ether oxygens (including phenoxy) is 2. The van der Waals surface area contributed by atoms with Gasteiger partial charge in [0, 0.05) is 24.7 Å². The quantitative estimate of drug-likeness (QED) is 0.564. The number of piperidine rings is 1. The molecule has 1 aliphatic heterocycles. The number of guanidine groups is 1. The fourth-order valence-electron chi connectivity index (χ4n) is 2.99. The number of aliphatic imine (C=N–C) groups is 1. The molecule has 0 radical (unpaired) electrons. The summed E-state index contributed by atoms with van der Waals surface area (Å²) in [5.41, 5.74) is 8.25. The van der Waals surface area contributed by atoms with Crippen LogP contribution in [0.15, 0.2) is 23.2 Å². The molecule has 7 heteroatoms. The van der Waals surface area contributed by atoms with Crippen molar-refractivity contribution in [2.45, 2.75) is 52.6 Å². The molecule has 0 bridgehead atoms. The molecule has 1 heterocycles. The lowest BCUT2D eigenvalue weighted by atomic mass is 10.1. The first-order valence-corrected chi connectivity index (χ1v) is 9.74. The Hall–Kier alpha value is -2.44. The molecule has 0 spiro atoms. The highest BCUT2D eigenvalue weighted by atomic mass is 16.6. The second kappa shape index (κ2) is 10.6. The summed E-state index contributed by atoms with van der Waals surface area (Å²) in [5.74, 6) is 1.29. The molecule has 0 saturated carbocycles. The van der Waals surface area contributed by atoms with Gasteiger partial charge in [-0.15, -0.1) is 0 Å². The third-order valence-corrected chi connectivity index (χ3v) is 4.48. The highest BCUT2D eigenvalue weighted by Crippen LogP contribution is 2.21. The Labute approximate surface area is 161 Å². The van der Waals surface area contributed by atoms with Gasteiger partial charge in [-0.1, -0.05) is 19.1 Å². The Morgan fingerprint density at radius 3 is 2.74 bits per heavy atom. The SMILES string of the molecule is CCCOc1cc(C)ccc1CN=C(N)NC1CCN(C(=O)OCC)CC1. The van der Waals surface area contributed by atoms with Gasteiger partial charge < -0.3 is 25.4 Å². The molecule has 150 valence electrons. The molecule has 0 unspecified atom stereocenters. The number of nitrogens with zero attached hydrogens (tertiary/aromatic N) is 2. The zero-order valence-electron chi connectivity index (χ0n) is 16.7. The van der Waals surface area contributed by atoms with E-state index in [0.29, 0.717) is 38.8 Å². The lowest BCUT2D eigenvalue weighted by Crippen LogP contribution is -2.48. The normalized spacial score (nSPS) is 15.5. The van der Waals surface area contributed by atoms with Gasteiger partial charge in [0.1, 0.15) is 5.75 Å². The summed E-state index contributed by atoms with van der Waals surface area (Å²) in [4.78, 5) is 17.9. The van der Waals surface area contributed by atoms with E-state index in [0.717, 1.165) is 36.1 Å². The first kappa shape index (κ1) is 20.9. The summed E-state index contributed by atoms with van der Waals surface area (Å²) in [6, 6.07) is 6.34. The fourth-order valence-corrected chi connectivity index (χ4v) is 2.99. The van der Waals surface area contributed by atoms with Gasteiger partial charge in [-0.25, -0.2) is 9.79 Å². The smallest absolute Gasteiger partial charge is 0.409 e. The third-order valence-electron chi connectivity index (χ3n) is 4.48. The zero-order chi connectivity index (χ0) is 19.6. The molecular weight excluding hydrogens is 344 g/mol. The van der Waals surface area contributed by atoms with E-state index < -0.39 is 0 Å². The number of nitrogens with two attached hydrogens (primary N) is 1. The van der Waals surface area contributed by atoms with Crippen molar-refractivity contribution in [3.05, 3.63) is 29.3 Å². The molecule has 1 fully saturated rings. The van der Waals surface area contributed by atoms with Crippen molar-refractivity contribution in [2.24, 2.45) is 10.7 Å². The maximum Gasteiger partial charge on any atom is 0.409 e. The first-order valence-electron chi connectivity index (χ1n) is 9.74. The number of carbonyl (C=O) groups is 1. The van der Waals surface area contributed by atoms with E-state index in [1.165, 1.54) is 0 Å². The molecule has 1 aromatic carbocycles. The minimum Gasteiger partial charge on any atom is -0.493 e. The maximum atomic E-state index is 11.7. The van der Waals surface area contributed by atoms with Crippen LogP contribution in [0.3, 0.4) is 0 Å². The number of rotatable bonds is 7. The first-order chi connectivity index (χ1) is 13.0. The minimum atomic E-state index is -0.239. The predicted molar refractivity (Wildman–Crippen MR) is 107 cm³/mol. The largest absolute Gasteiger partial charge is 0.493 e. The van der Waals surface area contributed by atoms with Crippen LogP contribution in [0.1, 0.15) is 44.2 Å². The van der Waals surface area contributed by atoms with Crippen LogP contribution in [-0.4, -0.2) is 49.3 Å². The number of amides is 1. The number of likely N-dealkylation sites (tertiary alicyclic amines) is 1. The Bertz CT molecular complexity index is 640. The molecule has 1 aromatic rings. The van der Waals surface area contributed by atoms with Gasteiger partial charge in [-0.05, 0) is 44.7 Å². The predicted octanol–water partition coefficient (Wildman–Crippen LogP) is 2.81. The van der Waals surface area contributed by atoms with Crippen molar-refractivity contribution < 1.29 is 14.3 Å². The van der Waals surface area contributed by atoms with Crippen LogP contribution >= 0.6 is 0 Å². The monoisotopic (exact) mass is 376 g/mol. The molecule has 7 nitrogen and oxygen atoms in total. The molecule has 1 amide bonds. The molecular formula is C20H32N4O3. The molecule has 3 N–H and O–H groups in total. The number of hydrogen-bond donors (Lipinski definition) is 2. The minimum absolute atomic E-state index is 0.216. The Morgan fingerprint density at radius 2 is 2.07 bits per heavy atom. The summed E-state index contributed by atoms with van der Waals surface area (Å²) < 4.78 is 10.9. The van der Waals surface area contributed by atoms with Gasteiger partial charge in [-0.2, -0.15) is 0 Å². The number of nitrogens with one attached hydrogen (secondary N) is 1. The van der Waals surface area contributed by atoms with Gasteiger partial charge >= 0.3 is 6.09 Å². The number of carbonyl (C=O) groups excluding carboxylic acids is 1. The Morgan fingerprint density at radius 1 is 1.33 bits per heavy atom. The second-order valence-electron chi connectivity index (χ2n) is 6.77. The average molecular weight is 377 g/mol. The highest BCUT2D eigenvalue weighted by Gasteiger charge is 2.23. The van der Waals surface area contributed by atoms with Crippen molar-refractivity contribution in [3.8, 4) is 5.75 Å². The van der Waals surface area contributed by atoms with E-state index in [9.17, 15) is 4.79 Å². The summed E-state index contributed by atoms with van der Waals surface area (Å²) in [5, 5.41) is 3.26. The molecule has 1 saturated heterocycles. The van der Waals surface area contributed by atoms with Crippen LogP contribution in [0.2, 0.25) is 0 Å². The Balaban J connectivity index is 1.86. The summed E-state index contributed by atoms with van der Waals surface area (Å²) in [7, 11) is 0. The third kappa shape index (κ3) is 6.66. The summed E-state index contributed by atoms with van der Waals surface area (Å²) in [6.07, 6.45) is 2.37. The lowest BCUT2D eigenvalue weighted by molar-refractivity contribution is 0.0963. The van der Waals surface area contributed by atoms with Gasteiger partial charge in [0.15, 0.2) is 5.96 Å². The average Bonchev–Trinajstić information content (AvgIpc) is 2.66. The number of aryl methyl sites for hydroxylation is 1. The summed E-state index contributed by atoms with van der Waals surface area (Å²) in [6.45, 7) is 8.84. The van der Waals surface area contributed by atoms with Crippen molar-refractivity contribution in [1.29, 1.82) is 0 Å². The van der Waals surface area contributed by atoms with Crippen LogP contribution in [0.4, 0.5) is 4.79 Å². The van der Waals surface area contributed by atoms with E-state index >= 15 is 0 Å². The van der Waals surface area contributed by atoms with Crippen molar-refractivity contribution in [1.82, 2.24) is 10.2 Å². The van der Waals surface area contributed by atoms with Crippen LogP contribution in [-0.2, 0) is 11.3 Å². The van der Waals surface area contributed by atoms with Gasteiger partial charge in [-0.3, -0.25) is 0 Å². The zero-order valence-corrected chi connectivity index (χ0v) is 16.7. The van der Waals surface area contributed by atoms with Gasteiger partial charge in [0.2, 0.25) is 0 Å².